The van der Waals surface area contributed by atoms with Gasteiger partial charge in [-0.15, -0.1) is 0 Å². The highest BCUT2D eigenvalue weighted by Crippen LogP contribution is 2.34. The molecule has 0 saturated carbocycles. The Kier molecular flexibility index (Phi) is 7.94. The number of hydrogen-bond donors (Lipinski definition) is 2. The summed E-state index contributed by atoms with van der Waals surface area (Å²) in [6.07, 6.45) is 0. The number of rotatable bonds is 5. The molecule has 0 atom stereocenters. The molecule has 0 fully saturated rings. The highest BCUT2D eigenvalue weighted by molar-refractivity contribution is 7.79. The van der Waals surface area contributed by atoms with Crippen LogP contribution in [0.15, 0.2) is 121 Å². The zero-order chi connectivity index (χ0) is 22.8. The topological polar surface area (TPSA) is 83.8 Å². The highest BCUT2D eigenvalue weighted by atomic mass is 32.3. The molecular formula is C26H22O5S. The fourth-order valence-corrected chi connectivity index (χ4v) is 3.09. The standard InChI is InChI=1S/C26H20O.H2O4S/c1-5-13-21(14-6-1)25(22-15-7-2-8-16-22)26(23-17-9-3-10-18-23)27-24-19-11-4-12-20-24;1-5(2,3)4/h1-20H;(H2,1,2,3,4). The first-order valence-corrected chi connectivity index (χ1v) is 11.1. The molecule has 0 bridgehead atoms. The van der Waals surface area contributed by atoms with Crippen LogP contribution < -0.4 is 4.74 Å². The molecule has 0 aliphatic rings. The molecule has 4 rings (SSSR count). The quantitative estimate of drug-likeness (QED) is 0.222. The lowest BCUT2D eigenvalue weighted by Crippen LogP contribution is -2.01. The van der Waals surface area contributed by atoms with Crippen molar-refractivity contribution in [3.8, 4) is 5.75 Å². The van der Waals surface area contributed by atoms with Crippen molar-refractivity contribution in [2.45, 2.75) is 0 Å². The van der Waals surface area contributed by atoms with Gasteiger partial charge in [0, 0.05) is 11.1 Å². The van der Waals surface area contributed by atoms with Gasteiger partial charge in [-0.2, -0.15) is 8.42 Å². The normalized spacial score (nSPS) is 10.4. The fourth-order valence-electron chi connectivity index (χ4n) is 3.09. The van der Waals surface area contributed by atoms with E-state index in [1.165, 1.54) is 0 Å². The van der Waals surface area contributed by atoms with Crippen LogP contribution in [-0.2, 0) is 10.4 Å². The molecule has 6 heteroatoms. The fraction of sp³-hybridized carbons (Fsp3) is 0. The van der Waals surface area contributed by atoms with Gasteiger partial charge in [-0.3, -0.25) is 9.11 Å². The summed E-state index contributed by atoms with van der Waals surface area (Å²) in [6, 6.07) is 41.0. The van der Waals surface area contributed by atoms with Gasteiger partial charge < -0.3 is 4.74 Å². The van der Waals surface area contributed by atoms with Crippen molar-refractivity contribution in [1.29, 1.82) is 0 Å². The van der Waals surface area contributed by atoms with Gasteiger partial charge in [0.05, 0.1) is 0 Å². The van der Waals surface area contributed by atoms with E-state index >= 15 is 0 Å². The molecule has 0 heterocycles. The van der Waals surface area contributed by atoms with Gasteiger partial charge in [0.25, 0.3) is 0 Å². The van der Waals surface area contributed by atoms with Crippen molar-refractivity contribution in [2.24, 2.45) is 0 Å². The summed E-state index contributed by atoms with van der Waals surface area (Å²) < 4.78 is 38.0. The molecule has 0 radical (unpaired) electrons. The molecule has 4 aromatic carbocycles. The van der Waals surface area contributed by atoms with E-state index in [4.69, 9.17) is 22.3 Å². The first-order chi connectivity index (χ1) is 15.4. The lowest BCUT2D eigenvalue weighted by atomic mass is 9.94. The zero-order valence-corrected chi connectivity index (χ0v) is 17.9. The van der Waals surface area contributed by atoms with Gasteiger partial charge >= 0.3 is 10.4 Å². The van der Waals surface area contributed by atoms with E-state index in [1.807, 2.05) is 60.7 Å². The summed E-state index contributed by atoms with van der Waals surface area (Å²) in [6.45, 7) is 0. The second kappa shape index (κ2) is 11.1. The summed E-state index contributed by atoms with van der Waals surface area (Å²) >= 11 is 0. The first-order valence-electron chi connectivity index (χ1n) is 9.75. The molecule has 0 aliphatic carbocycles. The van der Waals surface area contributed by atoms with Crippen molar-refractivity contribution in [1.82, 2.24) is 0 Å². The predicted molar refractivity (Wildman–Crippen MR) is 126 cm³/mol. The summed E-state index contributed by atoms with van der Waals surface area (Å²) in [5.41, 5.74) is 4.37. The summed E-state index contributed by atoms with van der Waals surface area (Å²) in [7, 11) is -4.67. The molecule has 0 aromatic heterocycles. The molecule has 5 nitrogen and oxygen atoms in total. The molecule has 162 valence electrons. The van der Waals surface area contributed by atoms with E-state index < -0.39 is 10.4 Å². The minimum absolute atomic E-state index is 0.820. The predicted octanol–water partition coefficient (Wildman–Crippen LogP) is 6.03. The average Bonchev–Trinajstić information content (AvgIpc) is 2.80. The van der Waals surface area contributed by atoms with Crippen LogP contribution in [-0.4, -0.2) is 17.5 Å². The molecule has 32 heavy (non-hydrogen) atoms. The lowest BCUT2D eigenvalue weighted by Gasteiger charge is -2.18. The van der Waals surface area contributed by atoms with Crippen molar-refractivity contribution in [3.05, 3.63) is 138 Å². The molecule has 0 aliphatic heterocycles. The molecule has 0 saturated heterocycles. The monoisotopic (exact) mass is 446 g/mol. The third kappa shape index (κ3) is 7.21. The van der Waals surface area contributed by atoms with Crippen molar-refractivity contribution in [3.63, 3.8) is 0 Å². The van der Waals surface area contributed by atoms with Crippen LogP contribution in [0, 0.1) is 0 Å². The third-order valence-electron chi connectivity index (χ3n) is 4.35. The average molecular weight is 447 g/mol. The summed E-state index contributed by atoms with van der Waals surface area (Å²) in [5, 5.41) is 0. The van der Waals surface area contributed by atoms with Crippen LogP contribution in [0.2, 0.25) is 0 Å². The van der Waals surface area contributed by atoms with E-state index in [0.717, 1.165) is 33.8 Å². The Labute approximate surface area is 187 Å². The van der Waals surface area contributed by atoms with Crippen molar-refractivity contribution >= 4 is 21.7 Å². The van der Waals surface area contributed by atoms with Gasteiger partial charge in [-0.25, -0.2) is 0 Å². The molecule has 0 spiro atoms. The molecular weight excluding hydrogens is 424 g/mol. The molecule has 0 amide bonds. The van der Waals surface area contributed by atoms with Crippen LogP contribution in [0.3, 0.4) is 0 Å². The Hall–Kier alpha value is -3.71. The maximum absolute atomic E-state index is 8.74. The molecule has 4 aromatic rings. The zero-order valence-electron chi connectivity index (χ0n) is 17.1. The van der Waals surface area contributed by atoms with Gasteiger partial charge in [-0.1, -0.05) is 109 Å². The SMILES string of the molecule is O=S(=O)(O)O.c1ccc(OC(=C(c2ccccc2)c2ccccc2)c2ccccc2)cc1. The Balaban J connectivity index is 0.000000523. The third-order valence-corrected chi connectivity index (χ3v) is 4.35. The van der Waals surface area contributed by atoms with E-state index in [9.17, 15) is 0 Å². The maximum atomic E-state index is 8.74. The van der Waals surface area contributed by atoms with Crippen LogP contribution in [0.5, 0.6) is 5.75 Å². The molecule has 0 unspecified atom stereocenters. The van der Waals surface area contributed by atoms with Gasteiger partial charge in [0.15, 0.2) is 0 Å². The maximum Gasteiger partial charge on any atom is 0.394 e. The second-order valence-corrected chi connectivity index (χ2v) is 7.56. The van der Waals surface area contributed by atoms with Crippen LogP contribution in [0.1, 0.15) is 16.7 Å². The summed E-state index contributed by atoms with van der Waals surface area (Å²) in [4.78, 5) is 0. The Morgan fingerprint density at radius 3 is 1.22 bits per heavy atom. The largest absolute Gasteiger partial charge is 0.456 e. The second-order valence-electron chi connectivity index (χ2n) is 6.67. The van der Waals surface area contributed by atoms with Crippen LogP contribution in [0.4, 0.5) is 0 Å². The minimum Gasteiger partial charge on any atom is -0.456 e. The Morgan fingerprint density at radius 2 is 0.844 bits per heavy atom. The minimum atomic E-state index is -4.67. The van der Waals surface area contributed by atoms with E-state index in [2.05, 4.69) is 60.7 Å². The lowest BCUT2D eigenvalue weighted by molar-refractivity contribution is 0.381. The smallest absolute Gasteiger partial charge is 0.394 e. The number of para-hydroxylation sites is 1. The van der Waals surface area contributed by atoms with Crippen molar-refractivity contribution in [2.75, 3.05) is 0 Å². The van der Waals surface area contributed by atoms with E-state index in [0.29, 0.717) is 0 Å². The molecule has 2 N–H and O–H groups in total. The Bertz CT molecular complexity index is 1190. The number of hydrogen-bond acceptors (Lipinski definition) is 3. The first kappa shape index (κ1) is 23.0. The Morgan fingerprint density at radius 1 is 0.531 bits per heavy atom. The van der Waals surface area contributed by atoms with Gasteiger partial charge in [-0.05, 0) is 23.3 Å². The van der Waals surface area contributed by atoms with Crippen molar-refractivity contribution < 1.29 is 22.3 Å². The highest BCUT2D eigenvalue weighted by Gasteiger charge is 2.16. The van der Waals surface area contributed by atoms with E-state index in [1.54, 1.807) is 0 Å². The number of ether oxygens (including phenoxy) is 1. The summed E-state index contributed by atoms with van der Waals surface area (Å²) in [5.74, 6) is 1.67. The van der Waals surface area contributed by atoms with Crippen LogP contribution >= 0.6 is 0 Å². The number of benzene rings is 4. The van der Waals surface area contributed by atoms with Gasteiger partial charge in [0.2, 0.25) is 0 Å². The van der Waals surface area contributed by atoms with E-state index in [-0.39, 0.29) is 0 Å². The van der Waals surface area contributed by atoms with Gasteiger partial charge in [0.1, 0.15) is 11.5 Å². The van der Waals surface area contributed by atoms with Crippen LogP contribution in [0.25, 0.3) is 11.3 Å².